The maximum Gasteiger partial charge on any atom is 0.283 e. The molecular formula is C27H28N4O3S. The number of rotatable bonds is 10. The Morgan fingerprint density at radius 3 is 2.60 bits per heavy atom. The normalized spacial score (nSPS) is 16.3. The van der Waals surface area contributed by atoms with Gasteiger partial charge in [0, 0.05) is 6.42 Å². The molecule has 35 heavy (non-hydrogen) atoms. The number of carbonyl (C=O) groups is 1. The lowest BCUT2D eigenvalue weighted by Crippen LogP contribution is -2.35. The van der Waals surface area contributed by atoms with Gasteiger partial charge in [-0.1, -0.05) is 50.3 Å². The van der Waals surface area contributed by atoms with Crippen LogP contribution in [0.15, 0.2) is 76.9 Å². The summed E-state index contributed by atoms with van der Waals surface area (Å²) >= 11 is 1.36. The molecule has 1 amide bonds. The van der Waals surface area contributed by atoms with Gasteiger partial charge in [-0.15, -0.1) is 6.58 Å². The Morgan fingerprint density at radius 1 is 1.11 bits per heavy atom. The Labute approximate surface area is 209 Å². The largest absolute Gasteiger partial charge is 0.490 e. The molecule has 0 aromatic heterocycles. The van der Waals surface area contributed by atoms with E-state index in [9.17, 15) is 4.79 Å². The summed E-state index contributed by atoms with van der Waals surface area (Å²) < 4.78 is 11.6. The highest BCUT2D eigenvalue weighted by atomic mass is 32.2. The van der Waals surface area contributed by atoms with Gasteiger partial charge in [-0.25, -0.2) is 0 Å². The van der Waals surface area contributed by atoms with Gasteiger partial charge in [-0.2, -0.15) is 15.1 Å². The molecule has 0 fully saturated rings. The Bertz CT molecular complexity index is 1220. The summed E-state index contributed by atoms with van der Waals surface area (Å²) in [5.74, 6) is 1.58. The van der Waals surface area contributed by atoms with Gasteiger partial charge < -0.3 is 9.47 Å². The van der Waals surface area contributed by atoms with Gasteiger partial charge in [-0.05, 0) is 59.5 Å². The van der Waals surface area contributed by atoms with E-state index in [1.54, 1.807) is 6.08 Å². The van der Waals surface area contributed by atoms with Gasteiger partial charge in [0.25, 0.3) is 5.91 Å². The van der Waals surface area contributed by atoms with Crippen molar-refractivity contribution in [1.82, 2.24) is 5.01 Å². The van der Waals surface area contributed by atoms with Crippen molar-refractivity contribution in [3.8, 4) is 11.5 Å². The molecule has 2 aliphatic rings. The molecular weight excluding hydrogens is 460 g/mol. The topological polar surface area (TPSA) is 87.3 Å². The molecule has 0 unspecified atom stereocenters. The fourth-order valence-corrected chi connectivity index (χ4v) is 4.67. The smallest absolute Gasteiger partial charge is 0.283 e. The molecule has 0 bridgehead atoms. The van der Waals surface area contributed by atoms with Crippen LogP contribution in [-0.2, 0) is 11.2 Å². The van der Waals surface area contributed by atoms with Crippen LogP contribution in [0.1, 0.15) is 31.4 Å². The molecule has 0 spiro atoms. The summed E-state index contributed by atoms with van der Waals surface area (Å²) in [4.78, 5) is 16.7. The predicted molar refractivity (Wildman–Crippen MR) is 142 cm³/mol. The van der Waals surface area contributed by atoms with Gasteiger partial charge in [0.15, 0.2) is 5.84 Å². The summed E-state index contributed by atoms with van der Waals surface area (Å²) in [5.41, 5.74) is 2.08. The molecule has 0 saturated carbocycles. The number of nitrogens with zero attached hydrogens (tertiary/aromatic N) is 3. The summed E-state index contributed by atoms with van der Waals surface area (Å²) in [7, 11) is 0. The van der Waals surface area contributed by atoms with E-state index in [-0.39, 0.29) is 11.4 Å². The third-order valence-electron chi connectivity index (χ3n) is 5.22. The average molecular weight is 489 g/mol. The monoisotopic (exact) mass is 488 g/mol. The molecule has 2 aromatic rings. The number of para-hydroxylation sites is 1. The zero-order valence-electron chi connectivity index (χ0n) is 19.9. The molecule has 180 valence electrons. The maximum absolute atomic E-state index is 12.6. The second kappa shape index (κ2) is 11.2. The average Bonchev–Trinajstić information content (AvgIpc) is 3.23. The van der Waals surface area contributed by atoms with Crippen LogP contribution in [0.2, 0.25) is 0 Å². The molecule has 0 saturated heterocycles. The third-order valence-corrected chi connectivity index (χ3v) is 6.15. The number of amides is 1. The van der Waals surface area contributed by atoms with E-state index in [2.05, 4.69) is 30.5 Å². The lowest BCUT2D eigenvalue weighted by atomic mass is 10.1. The quantitative estimate of drug-likeness (QED) is 0.270. The number of hydrogen-bond acceptors (Lipinski definition) is 6. The molecule has 0 aliphatic carbocycles. The van der Waals surface area contributed by atoms with E-state index in [1.807, 2.05) is 54.6 Å². The standard InChI is InChI=1S/C27H28N4O3S/c1-4-7-20-8-5-6-9-23(20)34-15-14-33-21-12-10-19(11-13-21)17-22-25(28)31-27(29-26(22)32)35-24(30-31)16-18(2)3/h4-6,8-13,17-18,28H,1,7,14-16H2,2-3H3/b22-17-,28-25?. The Hall–Kier alpha value is -3.65. The van der Waals surface area contributed by atoms with Crippen molar-refractivity contribution >= 4 is 39.8 Å². The van der Waals surface area contributed by atoms with Gasteiger partial charge in [-0.3, -0.25) is 10.2 Å². The lowest BCUT2D eigenvalue weighted by molar-refractivity contribution is -0.114. The fraction of sp³-hybridized carbons (Fsp3) is 0.259. The molecule has 0 radical (unpaired) electrons. The minimum atomic E-state index is -0.427. The number of carbonyl (C=O) groups excluding carboxylic acids is 1. The molecule has 7 nitrogen and oxygen atoms in total. The van der Waals surface area contributed by atoms with Crippen molar-refractivity contribution in [1.29, 1.82) is 5.41 Å². The summed E-state index contributed by atoms with van der Waals surface area (Å²) in [6, 6.07) is 15.2. The highest BCUT2D eigenvalue weighted by molar-refractivity contribution is 8.26. The summed E-state index contributed by atoms with van der Waals surface area (Å²) in [5, 5.41) is 15.7. The number of nitrogens with one attached hydrogen (secondary N) is 1. The zero-order valence-corrected chi connectivity index (χ0v) is 20.7. The van der Waals surface area contributed by atoms with Crippen molar-refractivity contribution in [3.05, 3.63) is 77.9 Å². The number of allylic oxidation sites excluding steroid dienone is 1. The molecule has 0 atom stereocenters. The van der Waals surface area contributed by atoms with Crippen molar-refractivity contribution in [2.75, 3.05) is 13.2 Å². The molecule has 1 N–H and O–H groups in total. The van der Waals surface area contributed by atoms with Crippen LogP contribution >= 0.6 is 11.8 Å². The second-order valence-corrected chi connectivity index (χ2v) is 9.52. The summed E-state index contributed by atoms with van der Waals surface area (Å²) in [6.45, 7) is 8.80. The van der Waals surface area contributed by atoms with Crippen molar-refractivity contribution < 1.29 is 14.3 Å². The summed E-state index contributed by atoms with van der Waals surface area (Å²) in [6.07, 6.45) is 5.05. The number of ether oxygens (including phenoxy) is 2. The minimum absolute atomic E-state index is 0.0421. The van der Waals surface area contributed by atoms with E-state index < -0.39 is 5.91 Å². The van der Waals surface area contributed by atoms with E-state index in [1.165, 1.54) is 16.8 Å². The number of hydrazone groups is 1. The number of aliphatic imine (C=N–C) groups is 1. The first-order valence-electron chi connectivity index (χ1n) is 11.5. The van der Waals surface area contributed by atoms with E-state index in [0.717, 1.165) is 34.8 Å². The van der Waals surface area contributed by atoms with Crippen LogP contribution in [-0.4, -0.2) is 40.2 Å². The fourth-order valence-electron chi connectivity index (χ4n) is 3.57. The highest BCUT2D eigenvalue weighted by Crippen LogP contribution is 2.30. The predicted octanol–water partition coefficient (Wildman–Crippen LogP) is 5.54. The molecule has 2 aromatic carbocycles. The number of hydrogen-bond donors (Lipinski definition) is 1. The van der Waals surface area contributed by atoms with Crippen LogP contribution in [0.25, 0.3) is 6.08 Å². The van der Waals surface area contributed by atoms with E-state index in [4.69, 9.17) is 14.9 Å². The zero-order chi connectivity index (χ0) is 24.8. The maximum atomic E-state index is 12.6. The number of amidine groups is 2. The number of benzene rings is 2. The number of fused-ring (bicyclic) bond motifs is 1. The van der Waals surface area contributed by atoms with Crippen molar-refractivity contribution in [2.24, 2.45) is 16.0 Å². The molecule has 4 rings (SSSR count). The first kappa shape index (κ1) is 24.5. The van der Waals surface area contributed by atoms with Gasteiger partial charge in [0.05, 0.1) is 5.57 Å². The van der Waals surface area contributed by atoms with Crippen LogP contribution in [0.3, 0.4) is 0 Å². The van der Waals surface area contributed by atoms with Crippen molar-refractivity contribution in [3.63, 3.8) is 0 Å². The minimum Gasteiger partial charge on any atom is -0.490 e. The van der Waals surface area contributed by atoms with Crippen LogP contribution in [0.4, 0.5) is 0 Å². The first-order chi connectivity index (χ1) is 16.9. The second-order valence-electron chi connectivity index (χ2n) is 8.48. The molecule has 2 aliphatic heterocycles. The number of thioether (sulfide) groups is 1. The Kier molecular flexibility index (Phi) is 7.82. The van der Waals surface area contributed by atoms with Crippen LogP contribution < -0.4 is 9.47 Å². The first-order valence-corrected chi connectivity index (χ1v) is 12.3. The van der Waals surface area contributed by atoms with Gasteiger partial charge in [0.2, 0.25) is 5.17 Å². The Morgan fingerprint density at radius 2 is 1.86 bits per heavy atom. The molecule has 8 heteroatoms. The lowest BCUT2D eigenvalue weighted by Gasteiger charge is -2.20. The highest BCUT2D eigenvalue weighted by Gasteiger charge is 2.35. The third kappa shape index (κ3) is 6.08. The molecule has 2 heterocycles. The van der Waals surface area contributed by atoms with E-state index >= 15 is 0 Å². The SMILES string of the molecule is C=CCc1ccccc1OCCOc1ccc(/C=C2/C(=N)N3N=C(CC(C)C)SC3=NC2=O)cc1. The van der Waals surface area contributed by atoms with Crippen LogP contribution in [0.5, 0.6) is 11.5 Å². The van der Waals surface area contributed by atoms with Crippen LogP contribution in [0, 0.1) is 11.3 Å². The Balaban J connectivity index is 1.35. The van der Waals surface area contributed by atoms with E-state index in [0.29, 0.717) is 30.0 Å². The van der Waals surface area contributed by atoms with Crippen molar-refractivity contribution in [2.45, 2.75) is 26.7 Å². The van der Waals surface area contributed by atoms with Gasteiger partial charge >= 0.3 is 0 Å². The van der Waals surface area contributed by atoms with Gasteiger partial charge in [0.1, 0.15) is 29.8 Å².